The second-order valence-corrected chi connectivity index (χ2v) is 2.21. The van der Waals surface area contributed by atoms with Gasteiger partial charge in [0.25, 0.3) is 0 Å². The molecule has 0 atom stereocenters. The van der Waals surface area contributed by atoms with Crippen molar-refractivity contribution >= 4 is 0 Å². The van der Waals surface area contributed by atoms with Crippen molar-refractivity contribution in [2.45, 2.75) is 6.18 Å². The van der Waals surface area contributed by atoms with Crippen LogP contribution in [0.25, 0.3) is 0 Å². The van der Waals surface area contributed by atoms with Crippen molar-refractivity contribution in [1.82, 2.24) is 4.98 Å². The molecule has 0 spiro atoms. The van der Waals surface area contributed by atoms with Gasteiger partial charge in [0.1, 0.15) is 5.75 Å². The van der Waals surface area contributed by atoms with Gasteiger partial charge in [-0.05, 0) is 0 Å². The van der Waals surface area contributed by atoms with Gasteiger partial charge in [-0.25, -0.2) is 4.98 Å². The Kier molecular flexibility index (Phi) is 2.40. The molecule has 72 valence electrons. The lowest BCUT2D eigenvalue weighted by Gasteiger charge is -2.06. The molecule has 2 nitrogen and oxygen atoms in total. The van der Waals surface area contributed by atoms with E-state index in [0.29, 0.717) is 6.07 Å². The first-order chi connectivity index (χ1) is 5.93. The van der Waals surface area contributed by atoms with Crippen LogP contribution in [-0.2, 0) is 6.18 Å². The van der Waals surface area contributed by atoms with E-state index in [4.69, 9.17) is 0 Å². The van der Waals surface area contributed by atoms with Crippen LogP contribution in [0.3, 0.4) is 0 Å². The molecule has 13 heavy (non-hydrogen) atoms. The fraction of sp³-hybridized carbons (Fsp3) is 0.286. The lowest BCUT2D eigenvalue weighted by molar-refractivity contribution is -0.141. The predicted molar refractivity (Wildman–Crippen MR) is 35.7 cm³/mol. The summed E-state index contributed by atoms with van der Waals surface area (Å²) >= 11 is 0. The molecule has 0 saturated heterocycles. The van der Waals surface area contributed by atoms with Gasteiger partial charge in [-0.3, -0.25) is 0 Å². The summed E-state index contributed by atoms with van der Waals surface area (Å²) in [5.74, 6) is -1.42. The lowest BCUT2D eigenvalue weighted by atomic mass is 10.3. The minimum absolute atomic E-state index is 0.208. The van der Waals surface area contributed by atoms with Crippen LogP contribution in [-0.4, -0.2) is 12.1 Å². The molecule has 1 aromatic heterocycles. The molecule has 0 amide bonds. The first-order valence-electron chi connectivity index (χ1n) is 3.22. The van der Waals surface area contributed by atoms with Crippen LogP contribution < -0.4 is 4.74 Å². The highest BCUT2D eigenvalue weighted by atomic mass is 19.4. The number of ether oxygens (including phenoxy) is 1. The smallest absolute Gasteiger partial charge is 0.433 e. The summed E-state index contributed by atoms with van der Waals surface area (Å²) < 4.78 is 52.9. The molecule has 1 aromatic rings. The van der Waals surface area contributed by atoms with Crippen LogP contribution >= 0.6 is 0 Å². The van der Waals surface area contributed by atoms with E-state index in [1.807, 2.05) is 0 Å². The number of alkyl halides is 3. The molecule has 0 bridgehead atoms. The Bertz CT molecular complexity index is 310. The van der Waals surface area contributed by atoms with Crippen LogP contribution in [0.15, 0.2) is 12.1 Å². The highest BCUT2D eigenvalue weighted by molar-refractivity contribution is 5.24. The second kappa shape index (κ2) is 3.20. The quantitative estimate of drug-likeness (QED) is 0.506. The van der Waals surface area contributed by atoms with Gasteiger partial charge in [-0.2, -0.15) is 17.6 Å². The topological polar surface area (TPSA) is 22.1 Å². The fourth-order valence-electron chi connectivity index (χ4n) is 0.736. The van der Waals surface area contributed by atoms with Gasteiger partial charge in [0.05, 0.1) is 7.11 Å². The Morgan fingerprint density at radius 3 is 2.38 bits per heavy atom. The molecule has 6 heteroatoms. The molecule has 1 heterocycles. The van der Waals surface area contributed by atoms with Gasteiger partial charge < -0.3 is 4.74 Å². The zero-order valence-corrected chi connectivity index (χ0v) is 6.52. The SMILES string of the molecule is COc1cc(F)nc(C(F)(F)F)c1. The lowest BCUT2D eigenvalue weighted by Crippen LogP contribution is -2.09. The summed E-state index contributed by atoms with van der Waals surface area (Å²) in [6.07, 6.45) is -4.66. The van der Waals surface area contributed by atoms with Gasteiger partial charge in [0.2, 0.25) is 5.95 Å². The highest BCUT2D eigenvalue weighted by Gasteiger charge is 2.33. The van der Waals surface area contributed by atoms with E-state index in [0.717, 1.165) is 13.2 Å². The maximum atomic E-state index is 12.5. The number of pyridine rings is 1. The Morgan fingerprint density at radius 2 is 1.92 bits per heavy atom. The molecule has 0 aliphatic heterocycles. The molecular weight excluding hydrogens is 190 g/mol. The standard InChI is InChI=1S/C7H5F4NO/c1-13-4-2-5(7(9,10)11)12-6(8)3-4/h2-3H,1H3. The van der Waals surface area contributed by atoms with Crippen LogP contribution in [0, 0.1) is 5.95 Å². The summed E-state index contributed by atoms with van der Waals surface area (Å²) in [7, 11) is 1.15. The molecular formula is C7H5F4NO. The third-order valence-electron chi connectivity index (χ3n) is 1.29. The Hall–Kier alpha value is -1.33. The van der Waals surface area contributed by atoms with E-state index in [-0.39, 0.29) is 5.75 Å². The van der Waals surface area contributed by atoms with E-state index in [1.54, 1.807) is 0 Å². The molecule has 0 radical (unpaired) electrons. The third kappa shape index (κ3) is 2.30. The monoisotopic (exact) mass is 195 g/mol. The number of hydrogen-bond donors (Lipinski definition) is 0. The van der Waals surface area contributed by atoms with Gasteiger partial charge in [-0.1, -0.05) is 0 Å². The molecule has 0 aromatic carbocycles. The van der Waals surface area contributed by atoms with Crippen LogP contribution in [0.1, 0.15) is 5.69 Å². The van der Waals surface area contributed by atoms with Crippen LogP contribution in [0.2, 0.25) is 0 Å². The van der Waals surface area contributed by atoms with E-state index < -0.39 is 17.8 Å². The second-order valence-electron chi connectivity index (χ2n) is 2.21. The number of methoxy groups -OCH3 is 1. The van der Waals surface area contributed by atoms with E-state index in [1.165, 1.54) is 0 Å². The maximum absolute atomic E-state index is 12.5. The van der Waals surface area contributed by atoms with Gasteiger partial charge in [0.15, 0.2) is 5.69 Å². The minimum Gasteiger partial charge on any atom is -0.497 e. The first-order valence-corrected chi connectivity index (χ1v) is 3.22. The predicted octanol–water partition coefficient (Wildman–Crippen LogP) is 2.25. The van der Waals surface area contributed by atoms with Gasteiger partial charge in [-0.15, -0.1) is 0 Å². The fourth-order valence-corrected chi connectivity index (χ4v) is 0.736. The van der Waals surface area contributed by atoms with E-state index in [2.05, 4.69) is 9.72 Å². The maximum Gasteiger partial charge on any atom is 0.433 e. The van der Waals surface area contributed by atoms with Crippen molar-refractivity contribution in [2.24, 2.45) is 0 Å². The largest absolute Gasteiger partial charge is 0.497 e. The summed E-state index contributed by atoms with van der Waals surface area (Å²) in [4.78, 5) is 2.68. The average Bonchev–Trinajstić information content (AvgIpc) is 2.01. The average molecular weight is 195 g/mol. The van der Waals surface area contributed by atoms with Crippen molar-refractivity contribution in [3.05, 3.63) is 23.8 Å². The van der Waals surface area contributed by atoms with Crippen LogP contribution in [0.5, 0.6) is 5.75 Å². The number of nitrogens with zero attached hydrogens (tertiary/aromatic N) is 1. The summed E-state index contributed by atoms with van der Waals surface area (Å²) in [5, 5.41) is 0. The molecule has 0 unspecified atom stereocenters. The zero-order chi connectivity index (χ0) is 10.1. The zero-order valence-electron chi connectivity index (χ0n) is 6.52. The number of hydrogen-bond acceptors (Lipinski definition) is 2. The molecule has 0 saturated carbocycles. The first kappa shape index (κ1) is 9.76. The summed E-state index contributed by atoms with van der Waals surface area (Å²) in [5.41, 5.74) is -1.30. The number of rotatable bonds is 1. The normalized spacial score (nSPS) is 11.5. The molecule has 1 rings (SSSR count). The molecule has 0 aliphatic rings. The summed E-state index contributed by atoms with van der Waals surface area (Å²) in [6, 6.07) is 1.40. The van der Waals surface area contributed by atoms with Crippen molar-refractivity contribution in [1.29, 1.82) is 0 Å². The molecule has 0 N–H and O–H groups in total. The van der Waals surface area contributed by atoms with Gasteiger partial charge >= 0.3 is 6.18 Å². The Morgan fingerprint density at radius 1 is 1.31 bits per heavy atom. The third-order valence-corrected chi connectivity index (χ3v) is 1.29. The Labute approximate surface area is 71.2 Å². The van der Waals surface area contributed by atoms with Crippen molar-refractivity contribution in [3.8, 4) is 5.75 Å². The number of aromatic nitrogens is 1. The minimum atomic E-state index is -4.66. The molecule has 0 fully saturated rings. The number of halogens is 4. The molecule has 0 aliphatic carbocycles. The summed E-state index contributed by atoms with van der Waals surface area (Å²) in [6.45, 7) is 0. The van der Waals surface area contributed by atoms with Gasteiger partial charge in [0, 0.05) is 12.1 Å². The van der Waals surface area contributed by atoms with Crippen molar-refractivity contribution in [2.75, 3.05) is 7.11 Å². The van der Waals surface area contributed by atoms with E-state index in [9.17, 15) is 17.6 Å². The van der Waals surface area contributed by atoms with Crippen molar-refractivity contribution < 1.29 is 22.3 Å². The van der Waals surface area contributed by atoms with E-state index >= 15 is 0 Å². The highest BCUT2D eigenvalue weighted by Crippen LogP contribution is 2.29. The Balaban J connectivity index is 3.16. The van der Waals surface area contributed by atoms with Crippen LogP contribution in [0.4, 0.5) is 17.6 Å². The van der Waals surface area contributed by atoms with Crippen molar-refractivity contribution in [3.63, 3.8) is 0 Å².